The van der Waals surface area contributed by atoms with Crippen molar-refractivity contribution in [3.63, 3.8) is 0 Å². The summed E-state index contributed by atoms with van der Waals surface area (Å²) in [7, 11) is 0. The number of nitrogens with zero attached hydrogens (tertiary/aromatic N) is 1. The molecule has 0 aliphatic rings. The number of hydrogen-bond donors (Lipinski definition) is 0. The van der Waals surface area contributed by atoms with Crippen molar-refractivity contribution in [3.05, 3.63) is 152 Å². The Morgan fingerprint density at radius 1 is 0.349 bits per heavy atom. The van der Waals surface area contributed by atoms with Crippen LogP contribution in [0.25, 0.3) is 62.2 Å². The van der Waals surface area contributed by atoms with E-state index in [9.17, 15) is 0 Å². The summed E-state index contributed by atoms with van der Waals surface area (Å²) in [5.74, 6) is 0. The van der Waals surface area contributed by atoms with E-state index in [0.717, 1.165) is 17.1 Å². The van der Waals surface area contributed by atoms with Crippen molar-refractivity contribution in [3.8, 4) is 11.1 Å². The third-order valence-corrected chi connectivity index (χ3v) is 10.7. The van der Waals surface area contributed by atoms with Crippen LogP contribution in [0.3, 0.4) is 0 Å². The zero-order chi connectivity index (χ0) is 28.3. The number of anilines is 3. The zero-order valence-electron chi connectivity index (χ0n) is 23.2. The maximum absolute atomic E-state index is 2.42. The smallest absolute Gasteiger partial charge is 0.0476 e. The molecule has 3 heteroatoms. The van der Waals surface area contributed by atoms with E-state index in [-0.39, 0.29) is 0 Å². The van der Waals surface area contributed by atoms with Crippen molar-refractivity contribution in [1.82, 2.24) is 0 Å². The molecule has 0 fully saturated rings. The predicted molar refractivity (Wildman–Crippen MR) is 190 cm³/mol. The molecule has 0 saturated carbocycles. The van der Waals surface area contributed by atoms with Crippen molar-refractivity contribution < 1.29 is 0 Å². The van der Waals surface area contributed by atoms with E-state index < -0.39 is 0 Å². The van der Waals surface area contributed by atoms with Gasteiger partial charge in [-0.15, -0.1) is 22.7 Å². The van der Waals surface area contributed by atoms with Crippen molar-refractivity contribution in [2.75, 3.05) is 4.90 Å². The number of benzene rings is 7. The fourth-order valence-corrected chi connectivity index (χ4v) is 8.72. The molecule has 0 amide bonds. The fourth-order valence-electron chi connectivity index (χ4n) is 6.44. The molecule has 0 N–H and O–H groups in total. The first kappa shape index (κ1) is 24.6. The van der Waals surface area contributed by atoms with Crippen LogP contribution in [0.1, 0.15) is 0 Å². The van der Waals surface area contributed by atoms with Crippen LogP contribution in [-0.2, 0) is 0 Å². The summed E-state index contributed by atoms with van der Waals surface area (Å²) >= 11 is 3.73. The van der Waals surface area contributed by atoms with Crippen LogP contribution in [0, 0.1) is 0 Å². The Labute approximate surface area is 257 Å². The summed E-state index contributed by atoms with van der Waals surface area (Å²) in [6.45, 7) is 0. The van der Waals surface area contributed by atoms with Gasteiger partial charge in [0.05, 0.1) is 0 Å². The maximum atomic E-state index is 2.42. The van der Waals surface area contributed by atoms with Crippen molar-refractivity contribution in [2.45, 2.75) is 0 Å². The van der Waals surface area contributed by atoms with Crippen molar-refractivity contribution in [1.29, 1.82) is 0 Å². The number of rotatable bonds is 4. The lowest BCUT2D eigenvalue weighted by Crippen LogP contribution is -2.09. The van der Waals surface area contributed by atoms with Crippen LogP contribution in [0.15, 0.2) is 152 Å². The number of thiophene rings is 2. The first-order chi connectivity index (χ1) is 21.3. The molecule has 0 aliphatic heterocycles. The topological polar surface area (TPSA) is 3.24 Å². The van der Waals surface area contributed by atoms with E-state index >= 15 is 0 Å². The van der Waals surface area contributed by atoms with Crippen LogP contribution < -0.4 is 4.90 Å². The molecule has 0 radical (unpaired) electrons. The minimum absolute atomic E-state index is 1.14. The van der Waals surface area contributed by atoms with Crippen LogP contribution in [-0.4, -0.2) is 0 Å². The van der Waals surface area contributed by atoms with Crippen LogP contribution >= 0.6 is 22.7 Å². The molecule has 7 aromatic carbocycles. The summed E-state index contributed by atoms with van der Waals surface area (Å²) < 4.78 is 5.25. The summed E-state index contributed by atoms with van der Waals surface area (Å²) in [6.07, 6.45) is 0. The highest BCUT2D eigenvalue weighted by molar-refractivity contribution is 7.26. The fraction of sp³-hybridized carbons (Fsp3) is 0. The largest absolute Gasteiger partial charge is 0.310 e. The predicted octanol–water partition coefficient (Wildman–Crippen LogP) is 12.7. The molecule has 0 atom stereocenters. The molecule has 0 spiro atoms. The zero-order valence-corrected chi connectivity index (χ0v) is 24.8. The monoisotopic (exact) mass is 583 g/mol. The highest BCUT2D eigenvalue weighted by Gasteiger charge is 2.17. The summed E-state index contributed by atoms with van der Waals surface area (Å²) in [5.41, 5.74) is 5.93. The quantitative estimate of drug-likeness (QED) is 0.199. The Morgan fingerprint density at radius 2 is 0.860 bits per heavy atom. The molecule has 2 aromatic heterocycles. The van der Waals surface area contributed by atoms with Gasteiger partial charge in [0, 0.05) is 57.4 Å². The number of fused-ring (bicyclic) bond motifs is 7. The third kappa shape index (κ3) is 4.04. The summed E-state index contributed by atoms with van der Waals surface area (Å²) in [4.78, 5) is 2.42. The van der Waals surface area contributed by atoms with E-state index in [2.05, 4.69) is 157 Å². The molecule has 1 nitrogen and oxygen atoms in total. The van der Waals surface area contributed by atoms with Gasteiger partial charge in [-0.25, -0.2) is 0 Å². The van der Waals surface area contributed by atoms with E-state index in [4.69, 9.17) is 0 Å². The Hall–Kier alpha value is -4.96. The van der Waals surface area contributed by atoms with Gasteiger partial charge in [-0.2, -0.15) is 0 Å². The van der Waals surface area contributed by atoms with Gasteiger partial charge in [0.15, 0.2) is 0 Å². The highest BCUT2D eigenvalue weighted by atomic mass is 32.1. The second kappa shape index (κ2) is 9.81. The third-order valence-electron chi connectivity index (χ3n) is 8.45. The lowest BCUT2D eigenvalue weighted by atomic mass is 9.97. The number of hydrogen-bond acceptors (Lipinski definition) is 3. The molecule has 0 bridgehead atoms. The summed E-state index contributed by atoms with van der Waals surface area (Å²) in [6, 6.07) is 55.5. The Morgan fingerprint density at radius 3 is 1.53 bits per heavy atom. The second-order valence-corrected chi connectivity index (χ2v) is 13.1. The standard InChI is InChI=1S/C40H25NS2/c1-2-13-31-26(9-1)10-8-16-32(31)27-11-7-12-28(23-27)41(29-19-21-35-33-14-3-5-17-37(33)42-39(35)24-29)30-20-22-36-34-15-4-6-18-38(34)43-40(36)25-30/h1-25H. The van der Waals surface area contributed by atoms with E-state index in [1.165, 1.54) is 62.2 Å². The molecule has 0 saturated heterocycles. The summed E-state index contributed by atoms with van der Waals surface area (Å²) in [5, 5.41) is 7.80. The first-order valence-corrected chi connectivity index (χ1v) is 16.1. The minimum atomic E-state index is 1.14. The molecular weight excluding hydrogens is 559 g/mol. The molecule has 0 unspecified atom stereocenters. The van der Waals surface area contributed by atoms with Gasteiger partial charge >= 0.3 is 0 Å². The van der Waals surface area contributed by atoms with E-state index in [0.29, 0.717) is 0 Å². The molecule has 0 aliphatic carbocycles. The van der Waals surface area contributed by atoms with Gasteiger partial charge in [-0.05, 0) is 70.4 Å². The Kier molecular flexibility index (Phi) is 5.62. The molecular formula is C40H25NS2. The first-order valence-electron chi connectivity index (χ1n) is 14.5. The van der Waals surface area contributed by atoms with Crippen LogP contribution in [0.5, 0.6) is 0 Å². The molecule has 2 heterocycles. The molecule has 43 heavy (non-hydrogen) atoms. The van der Waals surface area contributed by atoms with E-state index in [1.54, 1.807) is 0 Å². The SMILES string of the molecule is c1cc(-c2cccc3ccccc23)cc(N(c2ccc3c(c2)sc2ccccc23)c2ccc3c(c2)sc2ccccc23)c1. The van der Waals surface area contributed by atoms with Crippen LogP contribution in [0.4, 0.5) is 17.1 Å². The van der Waals surface area contributed by atoms with Gasteiger partial charge in [0.2, 0.25) is 0 Å². The van der Waals surface area contributed by atoms with Crippen molar-refractivity contribution >= 4 is 90.9 Å². The minimum Gasteiger partial charge on any atom is -0.310 e. The van der Waals surface area contributed by atoms with Crippen molar-refractivity contribution in [2.24, 2.45) is 0 Å². The molecule has 9 aromatic rings. The molecule has 9 rings (SSSR count). The lowest BCUT2D eigenvalue weighted by Gasteiger charge is -2.26. The van der Waals surface area contributed by atoms with Gasteiger partial charge in [0.25, 0.3) is 0 Å². The highest BCUT2D eigenvalue weighted by Crippen LogP contribution is 2.44. The Balaban J connectivity index is 1.26. The van der Waals surface area contributed by atoms with E-state index in [1.807, 2.05) is 22.7 Å². The van der Waals surface area contributed by atoms with Crippen LogP contribution in [0.2, 0.25) is 0 Å². The lowest BCUT2D eigenvalue weighted by molar-refractivity contribution is 1.30. The maximum Gasteiger partial charge on any atom is 0.0476 e. The molecule has 202 valence electrons. The second-order valence-electron chi connectivity index (χ2n) is 11.0. The average molecular weight is 584 g/mol. The average Bonchev–Trinajstić information content (AvgIpc) is 3.62. The van der Waals surface area contributed by atoms with Gasteiger partial charge < -0.3 is 4.90 Å². The normalized spacial score (nSPS) is 11.7. The van der Waals surface area contributed by atoms with Gasteiger partial charge in [0.1, 0.15) is 0 Å². The van der Waals surface area contributed by atoms with Gasteiger partial charge in [-0.3, -0.25) is 0 Å². The Bertz CT molecular complexity index is 2360. The van der Waals surface area contributed by atoms with Gasteiger partial charge in [-0.1, -0.05) is 103 Å².